The number of benzene rings is 1. The summed E-state index contributed by atoms with van der Waals surface area (Å²) in [5, 5.41) is 2.67. The molecule has 0 amide bonds. The Balaban J connectivity index is 2.22. The fraction of sp³-hybridized carbons (Fsp3) is 0.0769. The van der Waals surface area contributed by atoms with Gasteiger partial charge in [0.05, 0.1) is 16.8 Å². The second kappa shape index (κ2) is 5.70. The highest BCUT2D eigenvalue weighted by Gasteiger charge is 2.13. The number of rotatable bonds is 3. The molecule has 0 bridgehead atoms. The average molecular weight is 290 g/mol. The second-order valence-electron chi connectivity index (χ2n) is 4.13. The molecule has 0 aliphatic heterocycles. The molecule has 0 aliphatic rings. The third kappa shape index (κ3) is 3.55. The maximum absolute atomic E-state index is 12.0. The zero-order valence-corrected chi connectivity index (χ0v) is 11.6. The first-order chi connectivity index (χ1) is 9.47. The maximum atomic E-state index is 12.0. The van der Waals surface area contributed by atoms with Crippen LogP contribution in [0, 0.1) is 6.92 Å². The van der Waals surface area contributed by atoms with E-state index in [1.807, 2.05) is 6.92 Å². The van der Waals surface area contributed by atoms with Gasteiger partial charge in [-0.1, -0.05) is 17.7 Å². The van der Waals surface area contributed by atoms with Gasteiger partial charge in [-0.3, -0.25) is 4.98 Å². The fourth-order valence-electron chi connectivity index (χ4n) is 1.50. The van der Waals surface area contributed by atoms with Gasteiger partial charge in [0, 0.05) is 6.20 Å². The summed E-state index contributed by atoms with van der Waals surface area (Å²) >= 11 is 0. The Morgan fingerprint density at radius 1 is 1.25 bits per heavy atom. The van der Waals surface area contributed by atoms with Gasteiger partial charge in [-0.2, -0.15) is 8.42 Å². The molecule has 0 saturated heterocycles. The van der Waals surface area contributed by atoms with Crippen LogP contribution in [0.25, 0.3) is 0 Å². The quantitative estimate of drug-likeness (QED) is 0.659. The normalized spacial score (nSPS) is 12.2. The Kier molecular flexibility index (Phi) is 3.99. The summed E-state index contributed by atoms with van der Waals surface area (Å²) in [5.74, 6) is -0.210. The van der Waals surface area contributed by atoms with E-state index in [1.54, 1.807) is 30.5 Å². The van der Waals surface area contributed by atoms with Crippen molar-refractivity contribution in [2.24, 2.45) is 10.1 Å². The maximum Gasteiger partial charge on any atom is 0.285 e. The number of nitrogens with two attached hydrogens (primary N) is 1. The van der Waals surface area contributed by atoms with Crippen LogP contribution in [0.15, 0.2) is 58.1 Å². The van der Waals surface area contributed by atoms with Crippen LogP contribution >= 0.6 is 0 Å². The van der Waals surface area contributed by atoms with Crippen molar-refractivity contribution < 1.29 is 8.42 Å². The number of nitrogens with one attached hydrogen (secondary N) is 1. The molecule has 0 atom stereocenters. The van der Waals surface area contributed by atoms with Crippen molar-refractivity contribution in [2.45, 2.75) is 11.8 Å². The van der Waals surface area contributed by atoms with Gasteiger partial charge in [-0.15, -0.1) is 4.40 Å². The molecule has 0 unspecified atom stereocenters. The van der Waals surface area contributed by atoms with Crippen molar-refractivity contribution in [1.82, 2.24) is 4.98 Å². The first kappa shape index (κ1) is 14.0. The molecular formula is C13H14N4O2S. The number of sulfonamides is 1. The van der Waals surface area contributed by atoms with E-state index in [0.717, 1.165) is 5.56 Å². The van der Waals surface area contributed by atoms with E-state index in [0.29, 0.717) is 5.69 Å². The standard InChI is InChI=1S/C13H14N4O2S/c1-10-4-6-12(7-5-10)20(18,19)17-13(14)16-11-3-2-8-15-9-11/h2-9H,1H3,(H3,14,16,17). The molecule has 0 fully saturated rings. The molecule has 6 nitrogen and oxygen atoms in total. The van der Waals surface area contributed by atoms with E-state index >= 15 is 0 Å². The number of guanidine groups is 1. The van der Waals surface area contributed by atoms with Gasteiger partial charge in [0.15, 0.2) is 0 Å². The Morgan fingerprint density at radius 3 is 2.55 bits per heavy atom. The van der Waals surface area contributed by atoms with E-state index in [2.05, 4.69) is 14.7 Å². The molecule has 3 N–H and O–H groups in total. The van der Waals surface area contributed by atoms with Crippen LogP contribution in [0.5, 0.6) is 0 Å². The smallest absolute Gasteiger partial charge is 0.285 e. The predicted octanol–water partition coefficient (Wildman–Crippen LogP) is 1.51. The largest absolute Gasteiger partial charge is 0.369 e. The number of aryl methyl sites for hydroxylation is 1. The molecule has 20 heavy (non-hydrogen) atoms. The first-order valence-corrected chi connectivity index (χ1v) is 7.25. The van der Waals surface area contributed by atoms with Crippen molar-refractivity contribution in [2.75, 3.05) is 5.32 Å². The van der Waals surface area contributed by atoms with Crippen molar-refractivity contribution >= 4 is 21.7 Å². The minimum atomic E-state index is -3.82. The number of hydrogen-bond donors (Lipinski definition) is 2. The summed E-state index contributed by atoms with van der Waals surface area (Å²) in [5.41, 5.74) is 7.12. The average Bonchev–Trinajstić information content (AvgIpc) is 2.39. The van der Waals surface area contributed by atoms with E-state index in [1.165, 1.54) is 18.3 Å². The van der Waals surface area contributed by atoms with Gasteiger partial charge in [0.1, 0.15) is 0 Å². The zero-order valence-electron chi connectivity index (χ0n) is 10.8. The SMILES string of the molecule is Cc1ccc(S(=O)(=O)/N=C(\N)Nc2cccnc2)cc1. The lowest BCUT2D eigenvalue weighted by atomic mass is 10.2. The Morgan fingerprint density at radius 2 is 1.95 bits per heavy atom. The molecule has 1 heterocycles. The number of aromatic nitrogens is 1. The summed E-state index contributed by atoms with van der Waals surface area (Å²) < 4.78 is 27.6. The molecule has 1 aromatic carbocycles. The summed E-state index contributed by atoms with van der Waals surface area (Å²) in [4.78, 5) is 3.98. The van der Waals surface area contributed by atoms with E-state index in [-0.39, 0.29) is 10.9 Å². The molecule has 2 rings (SSSR count). The van der Waals surface area contributed by atoms with Crippen LogP contribution in [0.3, 0.4) is 0 Å². The first-order valence-electron chi connectivity index (χ1n) is 5.81. The topological polar surface area (TPSA) is 97.4 Å². The minimum absolute atomic E-state index is 0.0963. The van der Waals surface area contributed by atoms with Gasteiger partial charge in [0.25, 0.3) is 10.0 Å². The molecule has 0 spiro atoms. The van der Waals surface area contributed by atoms with Gasteiger partial charge in [0.2, 0.25) is 5.96 Å². The molecule has 7 heteroatoms. The van der Waals surface area contributed by atoms with Gasteiger partial charge < -0.3 is 11.1 Å². The minimum Gasteiger partial charge on any atom is -0.369 e. The highest BCUT2D eigenvalue weighted by Crippen LogP contribution is 2.13. The lowest BCUT2D eigenvalue weighted by Crippen LogP contribution is -2.24. The van der Waals surface area contributed by atoms with Crippen molar-refractivity contribution in [1.29, 1.82) is 0 Å². The molecule has 0 saturated carbocycles. The van der Waals surface area contributed by atoms with Crippen LogP contribution in [0.4, 0.5) is 5.69 Å². The van der Waals surface area contributed by atoms with Gasteiger partial charge in [-0.25, -0.2) is 0 Å². The number of anilines is 1. The van der Waals surface area contributed by atoms with Crippen LogP contribution in [-0.4, -0.2) is 19.4 Å². The summed E-state index contributed by atoms with van der Waals surface area (Å²) in [6, 6.07) is 9.79. The number of pyridine rings is 1. The highest BCUT2D eigenvalue weighted by molar-refractivity contribution is 7.90. The predicted molar refractivity (Wildman–Crippen MR) is 77.8 cm³/mol. The van der Waals surface area contributed by atoms with E-state index < -0.39 is 10.0 Å². The third-order valence-corrected chi connectivity index (χ3v) is 3.78. The second-order valence-corrected chi connectivity index (χ2v) is 5.74. The summed E-state index contributed by atoms with van der Waals surface area (Å²) in [6.07, 6.45) is 3.11. The molecule has 0 aliphatic carbocycles. The number of nitrogens with zero attached hydrogens (tertiary/aromatic N) is 2. The summed E-state index contributed by atoms with van der Waals surface area (Å²) in [7, 11) is -3.82. The third-order valence-electron chi connectivity index (χ3n) is 2.47. The van der Waals surface area contributed by atoms with Crippen LogP contribution in [0.1, 0.15) is 5.56 Å². The van der Waals surface area contributed by atoms with Crippen molar-refractivity contribution in [3.05, 3.63) is 54.4 Å². The Labute approximate surface area is 117 Å². The number of hydrogen-bond acceptors (Lipinski definition) is 3. The molecule has 0 radical (unpaired) electrons. The van der Waals surface area contributed by atoms with Crippen LogP contribution < -0.4 is 11.1 Å². The molecule has 104 valence electrons. The van der Waals surface area contributed by atoms with Crippen molar-refractivity contribution in [3.8, 4) is 0 Å². The van der Waals surface area contributed by atoms with Crippen LogP contribution in [-0.2, 0) is 10.0 Å². The summed E-state index contributed by atoms with van der Waals surface area (Å²) in [6.45, 7) is 1.87. The van der Waals surface area contributed by atoms with Crippen molar-refractivity contribution in [3.63, 3.8) is 0 Å². The molecule has 1 aromatic heterocycles. The van der Waals surface area contributed by atoms with E-state index in [4.69, 9.17) is 5.73 Å². The zero-order chi connectivity index (χ0) is 14.6. The Bertz CT molecular complexity index is 710. The van der Waals surface area contributed by atoms with Crippen LogP contribution in [0.2, 0.25) is 0 Å². The molecular weight excluding hydrogens is 276 g/mol. The fourth-order valence-corrected chi connectivity index (χ4v) is 2.39. The lowest BCUT2D eigenvalue weighted by Gasteiger charge is -2.05. The monoisotopic (exact) mass is 290 g/mol. The Hall–Kier alpha value is -2.41. The van der Waals surface area contributed by atoms with Gasteiger partial charge >= 0.3 is 0 Å². The lowest BCUT2D eigenvalue weighted by molar-refractivity contribution is 0.598. The molecule has 2 aromatic rings. The highest BCUT2D eigenvalue weighted by atomic mass is 32.2. The van der Waals surface area contributed by atoms with Gasteiger partial charge in [-0.05, 0) is 31.2 Å². The van der Waals surface area contributed by atoms with E-state index in [9.17, 15) is 8.42 Å².